The first-order valence-corrected chi connectivity index (χ1v) is 5.68. The van der Waals surface area contributed by atoms with Crippen LogP contribution in [0.5, 0.6) is 0 Å². The van der Waals surface area contributed by atoms with E-state index in [0.29, 0.717) is 30.1 Å². The molecule has 0 radical (unpaired) electrons. The van der Waals surface area contributed by atoms with E-state index in [2.05, 4.69) is 20.0 Å². The summed E-state index contributed by atoms with van der Waals surface area (Å²) < 4.78 is 11.2. The molecular weight excluding hydrogens is 248 g/mol. The quantitative estimate of drug-likeness (QED) is 0.741. The van der Waals surface area contributed by atoms with E-state index in [9.17, 15) is 4.79 Å². The minimum absolute atomic E-state index is 0.401. The van der Waals surface area contributed by atoms with Crippen molar-refractivity contribution in [1.82, 2.24) is 20.0 Å². The lowest BCUT2D eigenvalue weighted by atomic mass is 10.2. The molecular formula is C12H14N4O3. The van der Waals surface area contributed by atoms with Crippen LogP contribution in [0.1, 0.15) is 10.4 Å². The van der Waals surface area contributed by atoms with Crippen molar-refractivity contribution in [2.75, 3.05) is 20.8 Å². The number of hydrogen-bond acceptors (Lipinski definition) is 6. The van der Waals surface area contributed by atoms with Crippen molar-refractivity contribution < 1.29 is 14.3 Å². The topological polar surface area (TPSA) is 79.1 Å². The number of methoxy groups -OCH3 is 2. The molecule has 2 aromatic heterocycles. The average molecular weight is 262 g/mol. The Kier molecular flexibility index (Phi) is 4.19. The molecule has 2 rings (SSSR count). The number of esters is 1. The van der Waals surface area contributed by atoms with Crippen molar-refractivity contribution in [3.63, 3.8) is 0 Å². The van der Waals surface area contributed by atoms with E-state index in [4.69, 9.17) is 4.74 Å². The Hall–Kier alpha value is -2.28. The number of carbonyl (C=O) groups excluding carboxylic acids is 1. The van der Waals surface area contributed by atoms with Gasteiger partial charge in [-0.3, -0.25) is 4.98 Å². The van der Waals surface area contributed by atoms with Gasteiger partial charge >= 0.3 is 5.97 Å². The highest BCUT2D eigenvalue weighted by Crippen LogP contribution is 2.13. The van der Waals surface area contributed by atoms with Gasteiger partial charge in [0.1, 0.15) is 5.69 Å². The molecule has 0 aliphatic carbocycles. The molecule has 2 heterocycles. The number of carbonyl (C=O) groups is 1. The molecule has 0 aliphatic rings. The number of pyridine rings is 1. The van der Waals surface area contributed by atoms with Crippen molar-refractivity contribution in [1.29, 1.82) is 0 Å². The summed E-state index contributed by atoms with van der Waals surface area (Å²) in [7, 11) is 2.96. The van der Waals surface area contributed by atoms with Crippen molar-refractivity contribution >= 4 is 5.97 Å². The van der Waals surface area contributed by atoms with Gasteiger partial charge in [0.15, 0.2) is 0 Å². The Labute approximate surface area is 110 Å². The molecule has 0 spiro atoms. The monoisotopic (exact) mass is 262 g/mol. The zero-order valence-corrected chi connectivity index (χ0v) is 10.7. The van der Waals surface area contributed by atoms with Gasteiger partial charge in [-0.15, -0.1) is 5.10 Å². The van der Waals surface area contributed by atoms with Gasteiger partial charge in [0.2, 0.25) is 0 Å². The summed E-state index contributed by atoms with van der Waals surface area (Å²) in [5.41, 5.74) is 1.70. The Morgan fingerprint density at radius 1 is 1.32 bits per heavy atom. The molecule has 0 atom stereocenters. The highest BCUT2D eigenvalue weighted by molar-refractivity contribution is 5.89. The molecule has 0 aliphatic heterocycles. The minimum Gasteiger partial charge on any atom is -0.465 e. The van der Waals surface area contributed by atoms with Gasteiger partial charge in [-0.05, 0) is 12.1 Å². The number of aromatic nitrogens is 4. The SMILES string of the molecule is COCCn1cc(-c2ccc(C(=O)OC)cn2)nn1. The van der Waals surface area contributed by atoms with E-state index >= 15 is 0 Å². The third-order valence-electron chi connectivity index (χ3n) is 2.51. The normalized spacial score (nSPS) is 10.4. The summed E-state index contributed by atoms with van der Waals surface area (Å²) in [6.45, 7) is 1.20. The zero-order valence-electron chi connectivity index (χ0n) is 10.7. The highest BCUT2D eigenvalue weighted by Gasteiger charge is 2.08. The fourth-order valence-corrected chi connectivity index (χ4v) is 1.49. The van der Waals surface area contributed by atoms with Crippen molar-refractivity contribution in [2.45, 2.75) is 6.54 Å². The van der Waals surface area contributed by atoms with E-state index < -0.39 is 5.97 Å². The largest absolute Gasteiger partial charge is 0.465 e. The summed E-state index contributed by atoms with van der Waals surface area (Å²) in [5, 5.41) is 7.97. The second-order valence-corrected chi connectivity index (χ2v) is 3.78. The molecule has 0 N–H and O–H groups in total. The maximum absolute atomic E-state index is 11.3. The van der Waals surface area contributed by atoms with Crippen LogP contribution in [-0.4, -0.2) is 46.8 Å². The van der Waals surface area contributed by atoms with E-state index in [1.807, 2.05) is 0 Å². The van der Waals surface area contributed by atoms with Gasteiger partial charge in [0.05, 0.1) is 37.7 Å². The first kappa shape index (κ1) is 13.2. The first-order chi connectivity index (χ1) is 9.24. The van der Waals surface area contributed by atoms with E-state index in [-0.39, 0.29) is 0 Å². The second-order valence-electron chi connectivity index (χ2n) is 3.78. The molecule has 0 unspecified atom stereocenters. The molecule has 2 aromatic rings. The van der Waals surface area contributed by atoms with Crippen LogP contribution in [0.25, 0.3) is 11.4 Å². The first-order valence-electron chi connectivity index (χ1n) is 5.68. The van der Waals surface area contributed by atoms with Crippen LogP contribution in [0.4, 0.5) is 0 Å². The fourth-order valence-electron chi connectivity index (χ4n) is 1.49. The minimum atomic E-state index is -0.414. The maximum Gasteiger partial charge on any atom is 0.339 e. The van der Waals surface area contributed by atoms with Gasteiger partial charge in [-0.2, -0.15) is 0 Å². The number of rotatable bonds is 5. The third kappa shape index (κ3) is 3.14. The maximum atomic E-state index is 11.3. The van der Waals surface area contributed by atoms with Crippen LogP contribution in [-0.2, 0) is 16.0 Å². The van der Waals surface area contributed by atoms with Gasteiger partial charge in [0, 0.05) is 13.3 Å². The van der Waals surface area contributed by atoms with Gasteiger partial charge in [-0.1, -0.05) is 5.21 Å². The van der Waals surface area contributed by atoms with E-state index in [1.165, 1.54) is 13.3 Å². The summed E-state index contributed by atoms with van der Waals surface area (Å²) >= 11 is 0. The number of ether oxygens (including phenoxy) is 2. The van der Waals surface area contributed by atoms with Crippen LogP contribution >= 0.6 is 0 Å². The standard InChI is InChI=1S/C12H14N4O3/c1-18-6-5-16-8-11(14-15-16)10-4-3-9(7-13-10)12(17)19-2/h3-4,7-8H,5-6H2,1-2H3. The van der Waals surface area contributed by atoms with E-state index in [1.54, 1.807) is 30.1 Å². The summed E-state index contributed by atoms with van der Waals surface area (Å²) in [5.74, 6) is -0.414. The van der Waals surface area contributed by atoms with Gasteiger partial charge in [-0.25, -0.2) is 9.48 Å². The Morgan fingerprint density at radius 2 is 2.16 bits per heavy atom. The summed E-state index contributed by atoms with van der Waals surface area (Å²) in [6.07, 6.45) is 3.23. The van der Waals surface area contributed by atoms with E-state index in [0.717, 1.165) is 0 Å². The fraction of sp³-hybridized carbons (Fsp3) is 0.333. The molecule has 0 aromatic carbocycles. The van der Waals surface area contributed by atoms with Crippen molar-refractivity contribution in [3.8, 4) is 11.4 Å². The van der Waals surface area contributed by atoms with Crippen LogP contribution in [0.2, 0.25) is 0 Å². The Morgan fingerprint density at radius 3 is 2.79 bits per heavy atom. The molecule has 7 heteroatoms. The van der Waals surface area contributed by atoms with Gasteiger partial charge in [0.25, 0.3) is 0 Å². The Balaban J connectivity index is 2.13. The zero-order chi connectivity index (χ0) is 13.7. The van der Waals surface area contributed by atoms with Crippen molar-refractivity contribution in [3.05, 3.63) is 30.1 Å². The summed E-state index contributed by atoms with van der Waals surface area (Å²) in [4.78, 5) is 15.4. The lowest BCUT2D eigenvalue weighted by molar-refractivity contribution is 0.0600. The molecule has 0 bridgehead atoms. The predicted molar refractivity (Wildman–Crippen MR) is 66.5 cm³/mol. The van der Waals surface area contributed by atoms with Crippen molar-refractivity contribution in [2.24, 2.45) is 0 Å². The second kappa shape index (κ2) is 6.05. The predicted octanol–water partition coefficient (Wildman–Crippen LogP) is 0.773. The lowest BCUT2D eigenvalue weighted by Crippen LogP contribution is -2.04. The third-order valence-corrected chi connectivity index (χ3v) is 2.51. The number of hydrogen-bond donors (Lipinski definition) is 0. The number of nitrogens with zero attached hydrogens (tertiary/aromatic N) is 4. The molecule has 0 fully saturated rings. The average Bonchev–Trinajstić information content (AvgIpc) is 2.93. The molecule has 100 valence electrons. The molecule has 0 amide bonds. The van der Waals surface area contributed by atoms with Crippen LogP contribution in [0.3, 0.4) is 0 Å². The smallest absolute Gasteiger partial charge is 0.339 e. The van der Waals surface area contributed by atoms with Crippen LogP contribution in [0.15, 0.2) is 24.5 Å². The van der Waals surface area contributed by atoms with Gasteiger partial charge < -0.3 is 9.47 Å². The highest BCUT2D eigenvalue weighted by atomic mass is 16.5. The molecule has 0 saturated heterocycles. The molecule has 19 heavy (non-hydrogen) atoms. The van der Waals surface area contributed by atoms with Crippen LogP contribution < -0.4 is 0 Å². The molecule has 0 saturated carbocycles. The summed E-state index contributed by atoms with van der Waals surface area (Å²) in [6, 6.07) is 3.35. The Bertz CT molecular complexity index is 550. The lowest BCUT2D eigenvalue weighted by Gasteiger charge is -1.99. The molecule has 7 nitrogen and oxygen atoms in total. The van der Waals surface area contributed by atoms with Crippen LogP contribution in [0, 0.1) is 0 Å².